The van der Waals surface area contributed by atoms with Crippen molar-refractivity contribution in [3.63, 3.8) is 0 Å². The third-order valence-corrected chi connectivity index (χ3v) is 7.80. The van der Waals surface area contributed by atoms with Gasteiger partial charge in [-0.1, -0.05) is 73.2 Å². The lowest BCUT2D eigenvalue weighted by Gasteiger charge is -2.39. The number of unbranched alkanes of at least 4 members (excludes halogenated alkanes) is 1. The molecule has 2 aliphatic rings. The lowest BCUT2D eigenvalue weighted by Crippen LogP contribution is -2.51. The molecule has 1 heterocycles. The monoisotopic (exact) mass is 535 g/mol. The predicted octanol–water partition coefficient (Wildman–Crippen LogP) is 5.16. The first kappa shape index (κ1) is 26.9. The number of amides is 2. The first-order chi connectivity index (χ1) is 18.8. The van der Waals surface area contributed by atoms with Crippen molar-refractivity contribution in [2.45, 2.75) is 30.9 Å². The summed E-state index contributed by atoms with van der Waals surface area (Å²) in [6.07, 6.45) is -2.55. The number of hydrogen-bond donors (Lipinski definition) is 2. The fraction of sp³-hybridized carbons (Fsp3) is 0.355. The minimum atomic E-state index is -4.48. The molecule has 0 radical (unpaired) electrons. The second-order valence-corrected chi connectivity index (χ2v) is 10.5. The maximum absolute atomic E-state index is 13.6. The van der Waals surface area contributed by atoms with Gasteiger partial charge in [0.2, 0.25) is 5.91 Å². The van der Waals surface area contributed by atoms with Crippen LogP contribution in [0.3, 0.4) is 0 Å². The van der Waals surface area contributed by atoms with E-state index in [2.05, 4.69) is 15.5 Å². The van der Waals surface area contributed by atoms with Crippen molar-refractivity contribution in [3.05, 3.63) is 95.6 Å². The maximum Gasteiger partial charge on any atom is 0.405 e. The van der Waals surface area contributed by atoms with Crippen molar-refractivity contribution in [2.24, 2.45) is 5.92 Å². The highest BCUT2D eigenvalue weighted by atomic mass is 19.4. The molecule has 5 rings (SSSR count). The summed E-state index contributed by atoms with van der Waals surface area (Å²) in [5, 5.41) is 5.19. The van der Waals surface area contributed by atoms with Gasteiger partial charge in [-0.05, 0) is 53.8 Å². The van der Waals surface area contributed by atoms with Gasteiger partial charge in [0.25, 0.3) is 5.91 Å². The van der Waals surface area contributed by atoms with Crippen molar-refractivity contribution >= 4 is 11.8 Å². The van der Waals surface area contributed by atoms with Gasteiger partial charge in [-0.3, -0.25) is 9.59 Å². The molecule has 0 aromatic heterocycles. The molecule has 39 heavy (non-hydrogen) atoms. The number of benzene rings is 3. The number of carbonyl (C=O) groups is 2. The molecule has 1 fully saturated rings. The van der Waals surface area contributed by atoms with Crippen LogP contribution in [0.25, 0.3) is 11.1 Å². The van der Waals surface area contributed by atoms with Crippen molar-refractivity contribution < 1.29 is 22.8 Å². The molecule has 0 bridgehead atoms. The van der Waals surface area contributed by atoms with Crippen LogP contribution in [0.2, 0.25) is 0 Å². The van der Waals surface area contributed by atoms with Crippen LogP contribution < -0.4 is 10.6 Å². The predicted molar refractivity (Wildman–Crippen MR) is 144 cm³/mol. The van der Waals surface area contributed by atoms with Gasteiger partial charge >= 0.3 is 6.18 Å². The van der Waals surface area contributed by atoms with Crippen LogP contribution in [0.1, 0.15) is 40.7 Å². The van der Waals surface area contributed by atoms with Gasteiger partial charge < -0.3 is 15.5 Å². The topological polar surface area (TPSA) is 61.4 Å². The van der Waals surface area contributed by atoms with Crippen LogP contribution in [0.15, 0.2) is 78.9 Å². The molecular formula is C31H32F3N3O2. The van der Waals surface area contributed by atoms with E-state index in [0.717, 1.165) is 48.3 Å². The Morgan fingerprint density at radius 2 is 1.41 bits per heavy atom. The largest absolute Gasteiger partial charge is 0.405 e. The molecule has 1 saturated heterocycles. The van der Waals surface area contributed by atoms with E-state index in [-0.39, 0.29) is 5.91 Å². The summed E-state index contributed by atoms with van der Waals surface area (Å²) in [5.41, 5.74) is 2.83. The summed E-state index contributed by atoms with van der Waals surface area (Å²) in [5.74, 6) is -0.276. The normalized spacial score (nSPS) is 16.2. The number of likely N-dealkylation sites (tertiary alicyclic amines) is 1. The first-order valence-corrected chi connectivity index (χ1v) is 13.4. The number of halogens is 3. The highest BCUT2D eigenvalue weighted by molar-refractivity contribution is 6.00. The van der Waals surface area contributed by atoms with Gasteiger partial charge in [-0.25, -0.2) is 0 Å². The Hall–Kier alpha value is -3.65. The van der Waals surface area contributed by atoms with Crippen LogP contribution in [0, 0.1) is 5.92 Å². The average Bonchev–Trinajstić information content (AvgIpc) is 3.21. The molecule has 1 aliphatic carbocycles. The van der Waals surface area contributed by atoms with Crippen molar-refractivity contribution in [1.29, 1.82) is 0 Å². The van der Waals surface area contributed by atoms with Crippen LogP contribution in [0.5, 0.6) is 0 Å². The third kappa shape index (κ3) is 5.71. The molecule has 0 spiro atoms. The summed E-state index contributed by atoms with van der Waals surface area (Å²) >= 11 is 0. The quantitative estimate of drug-likeness (QED) is 0.353. The fourth-order valence-corrected chi connectivity index (χ4v) is 5.93. The summed E-state index contributed by atoms with van der Waals surface area (Å²) in [6, 6.07) is 24.2. The smallest absolute Gasteiger partial charge is 0.352 e. The second kappa shape index (κ2) is 11.2. The molecule has 2 amide bonds. The summed E-state index contributed by atoms with van der Waals surface area (Å²) in [6.45, 7) is 1.89. The van der Waals surface area contributed by atoms with E-state index in [4.69, 9.17) is 0 Å². The van der Waals surface area contributed by atoms with Gasteiger partial charge in [0, 0.05) is 31.1 Å². The van der Waals surface area contributed by atoms with E-state index in [1.54, 1.807) is 12.1 Å². The highest BCUT2D eigenvalue weighted by Gasteiger charge is 2.49. The fourth-order valence-electron chi connectivity index (χ4n) is 5.93. The van der Waals surface area contributed by atoms with Gasteiger partial charge in [0.05, 0.1) is 0 Å². The van der Waals surface area contributed by atoms with E-state index in [1.165, 1.54) is 0 Å². The molecule has 0 unspecified atom stereocenters. The van der Waals surface area contributed by atoms with E-state index in [9.17, 15) is 22.8 Å². The summed E-state index contributed by atoms with van der Waals surface area (Å²) in [7, 11) is 0. The lowest BCUT2D eigenvalue weighted by atomic mass is 9.73. The van der Waals surface area contributed by atoms with E-state index in [0.29, 0.717) is 30.9 Å². The van der Waals surface area contributed by atoms with Crippen molar-refractivity contribution in [2.75, 3.05) is 32.7 Å². The molecule has 1 aliphatic heterocycles. The third-order valence-electron chi connectivity index (χ3n) is 7.80. The maximum atomic E-state index is 13.6. The van der Waals surface area contributed by atoms with Crippen LogP contribution in [0.4, 0.5) is 13.2 Å². The zero-order valence-corrected chi connectivity index (χ0v) is 21.6. The minimum Gasteiger partial charge on any atom is -0.352 e. The van der Waals surface area contributed by atoms with Gasteiger partial charge in [-0.15, -0.1) is 0 Å². The highest BCUT2D eigenvalue weighted by Crippen LogP contribution is 2.51. The van der Waals surface area contributed by atoms with E-state index in [1.807, 2.05) is 66.7 Å². The molecule has 2 N–H and O–H groups in total. The first-order valence-electron chi connectivity index (χ1n) is 13.4. The van der Waals surface area contributed by atoms with Gasteiger partial charge in [0.15, 0.2) is 0 Å². The Morgan fingerprint density at radius 1 is 0.821 bits per heavy atom. The van der Waals surface area contributed by atoms with Gasteiger partial charge in [0.1, 0.15) is 12.0 Å². The average molecular weight is 536 g/mol. The van der Waals surface area contributed by atoms with Crippen LogP contribution >= 0.6 is 0 Å². The number of rotatable bonds is 10. The Bertz CT molecular complexity index is 1270. The Labute approximate surface area is 226 Å². The number of fused-ring (bicyclic) bond motifs is 3. The Balaban J connectivity index is 1.19. The zero-order valence-electron chi connectivity index (χ0n) is 21.6. The standard InChI is InChI=1S/C31H32F3N3O2/c32-31(33,34)21-36-29(39)30(26-14-6-4-12-24(26)25-13-5-7-15-27(25)30)16-8-9-17-37-19-22(20-37)18-35-28(38)23-10-2-1-3-11-23/h1-7,10-15,22H,8-9,16-21H2,(H,35,38)(H,36,39). The second-order valence-electron chi connectivity index (χ2n) is 10.5. The Morgan fingerprint density at radius 3 is 2.03 bits per heavy atom. The number of hydrogen-bond acceptors (Lipinski definition) is 3. The Kier molecular flexibility index (Phi) is 7.75. The van der Waals surface area contributed by atoms with Crippen molar-refractivity contribution in [3.8, 4) is 11.1 Å². The summed E-state index contributed by atoms with van der Waals surface area (Å²) in [4.78, 5) is 28.1. The van der Waals surface area contributed by atoms with Crippen molar-refractivity contribution in [1.82, 2.24) is 15.5 Å². The molecular weight excluding hydrogens is 503 g/mol. The van der Waals surface area contributed by atoms with E-state index >= 15 is 0 Å². The molecule has 5 nitrogen and oxygen atoms in total. The zero-order chi connectivity index (χ0) is 27.5. The molecule has 0 atom stereocenters. The molecule has 0 saturated carbocycles. The molecule has 204 valence electrons. The number of alkyl halides is 3. The minimum absolute atomic E-state index is 0.0692. The number of nitrogens with zero attached hydrogens (tertiary/aromatic N) is 1. The molecule has 8 heteroatoms. The van der Waals surface area contributed by atoms with Gasteiger partial charge in [-0.2, -0.15) is 13.2 Å². The van der Waals surface area contributed by atoms with E-state index < -0.39 is 24.0 Å². The van der Waals surface area contributed by atoms with Crippen LogP contribution in [-0.2, 0) is 10.2 Å². The van der Waals surface area contributed by atoms with Crippen LogP contribution in [-0.4, -0.2) is 55.6 Å². The molecule has 3 aromatic rings. The summed E-state index contributed by atoms with van der Waals surface area (Å²) < 4.78 is 39.1. The number of carbonyl (C=O) groups excluding carboxylic acids is 2. The SMILES string of the molecule is O=C(NCC1CN(CCCCC2(C(=O)NCC(F)(F)F)c3ccccc3-c3ccccc32)C1)c1ccccc1. The number of nitrogens with one attached hydrogen (secondary N) is 2. The molecule has 3 aromatic carbocycles. The lowest BCUT2D eigenvalue weighted by molar-refractivity contribution is -0.141.